The van der Waals surface area contributed by atoms with Gasteiger partial charge in [0.2, 0.25) is 5.82 Å². The van der Waals surface area contributed by atoms with Crippen molar-refractivity contribution in [2.24, 2.45) is 0 Å². The van der Waals surface area contributed by atoms with E-state index in [0.717, 1.165) is 40.0 Å². The van der Waals surface area contributed by atoms with Crippen molar-refractivity contribution >= 4 is 5.97 Å². The van der Waals surface area contributed by atoms with Gasteiger partial charge >= 0.3 is 5.97 Å². The van der Waals surface area contributed by atoms with Crippen molar-refractivity contribution in [3.05, 3.63) is 77.9 Å². The molecule has 0 fully saturated rings. The molecule has 0 saturated heterocycles. The van der Waals surface area contributed by atoms with Crippen LogP contribution < -0.4 is 4.74 Å². The Hall–Kier alpha value is -3.97. The Balaban J connectivity index is 1.52. The number of benzene rings is 3. The maximum Gasteiger partial charge on any atom is 0.317 e. The van der Waals surface area contributed by atoms with Crippen molar-refractivity contribution in [1.29, 1.82) is 0 Å². The van der Waals surface area contributed by atoms with E-state index in [-0.39, 0.29) is 6.54 Å². The van der Waals surface area contributed by atoms with Gasteiger partial charge in [0.05, 0.1) is 13.2 Å². The maximum atomic E-state index is 10.8. The Kier molecular flexibility index (Phi) is 7.57. The van der Waals surface area contributed by atoms with Crippen LogP contribution in [0, 0.1) is 6.92 Å². The van der Waals surface area contributed by atoms with E-state index >= 15 is 0 Å². The second kappa shape index (κ2) is 11.0. The van der Waals surface area contributed by atoms with E-state index < -0.39 is 5.97 Å². The highest BCUT2D eigenvalue weighted by Crippen LogP contribution is 2.36. The molecule has 7 nitrogen and oxygen atoms in total. The Morgan fingerprint density at radius 1 is 1.03 bits per heavy atom. The number of hydrogen-bond acceptors (Lipinski definition) is 6. The highest BCUT2D eigenvalue weighted by molar-refractivity contribution is 5.76. The summed E-state index contributed by atoms with van der Waals surface area (Å²) in [7, 11) is 1.80. The average Bonchev–Trinajstić information content (AvgIpc) is 3.34. The number of ether oxygens (including phenoxy) is 1. The molecule has 4 aromatic rings. The first-order valence-corrected chi connectivity index (χ1v) is 11.6. The molecule has 0 amide bonds. The molecule has 0 radical (unpaired) electrons. The number of carboxylic acid groups (broad SMARTS) is 1. The van der Waals surface area contributed by atoms with Gasteiger partial charge in [-0.2, -0.15) is 4.98 Å². The predicted molar refractivity (Wildman–Crippen MR) is 135 cm³/mol. The smallest absolute Gasteiger partial charge is 0.317 e. The van der Waals surface area contributed by atoms with Gasteiger partial charge in [0.15, 0.2) is 0 Å². The number of aliphatic carboxylic acids is 1. The molecule has 1 N–H and O–H groups in total. The Bertz CT molecular complexity index is 1300. The third kappa shape index (κ3) is 5.94. The minimum absolute atomic E-state index is 0.0284. The molecule has 0 aliphatic rings. The van der Waals surface area contributed by atoms with E-state index in [1.54, 1.807) is 11.9 Å². The van der Waals surface area contributed by atoms with Crippen molar-refractivity contribution in [3.8, 4) is 39.7 Å². The molecule has 0 bridgehead atoms. The molecule has 0 atom stereocenters. The molecule has 0 aliphatic heterocycles. The van der Waals surface area contributed by atoms with Gasteiger partial charge in [-0.3, -0.25) is 9.69 Å². The fourth-order valence-electron chi connectivity index (χ4n) is 3.94. The minimum atomic E-state index is -0.825. The summed E-state index contributed by atoms with van der Waals surface area (Å²) in [4.78, 5) is 17.2. The summed E-state index contributed by atoms with van der Waals surface area (Å²) in [6.07, 6.45) is 0.759. The van der Waals surface area contributed by atoms with Gasteiger partial charge in [0, 0.05) is 23.2 Å². The van der Waals surface area contributed by atoms with Crippen LogP contribution in [0.25, 0.3) is 34.0 Å². The highest BCUT2D eigenvalue weighted by atomic mass is 16.5. The summed E-state index contributed by atoms with van der Waals surface area (Å²) in [5.74, 6) is 0.886. The normalized spacial score (nSPS) is 11.1. The van der Waals surface area contributed by atoms with Crippen LogP contribution in [-0.4, -0.2) is 52.9 Å². The molecule has 0 saturated carbocycles. The molecular weight excluding hydrogens is 442 g/mol. The predicted octanol–water partition coefficient (Wildman–Crippen LogP) is 5.34. The number of likely N-dealkylation sites (N-methyl/N-ethyl adjacent to an activating group) is 1. The fourth-order valence-corrected chi connectivity index (χ4v) is 3.94. The quantitative estimate of drug-likeness (QED) is 0.334. The first-order chi connectivity index (χ1) is 16.9. The average molecular weight is 472 g/mol. The molecular formula is C28H29N3O4. The monoisotopic (exact) mass is 471 g/mol. The molecule has 1 heterocycles. The zero-order valence-electron chi connectivity index (χ0n) is 20.2. The molecule has 35 heavy (non-hydrogen) atoms. The number of hydrogen-bond donors (Lipinski definition) is 1. The van der Waals surface area contributed by atoms with Crippen LogP contribution in [-0.2, 0) is 11.2 Å². The maximum absolute atomic E-state index is 10.8. The van der Waals surface area contributed by atoms with Gasteiger partial charge < -0.3 is 14.4 Å². The number of carboxylic acids is 1. The lowest BCUT2D eigenvalue weighted by Crippen LogP contribution is -2.27. The van der Waals surface area contributed by atoms with Gasteiger partial charge in [-0.15, -0.1) is 0 Å². The van der Waals surface area contributed by atoms with Crippen LogP contribution in [0.5, 0.6) is 5.75 Å². The lowest BCUT2D eigenvalue weighted by atomic mass is 9.98. The lowest BCUT2D eigenvalue weighted by molar-refractivity contribution is -0.137. The van der Waals surface area contributed by atoms with Crippen LogP contribution >= 0.6 is 0 Å². The van der Waals surface area contributed by atoms with Crippen LogP contribution in [0.4, 0.5) is 0 Å². The molecule has 3 aromatic carbocycles. The van der Waals surface area contributed by atoms with Crippen molar-refractivity contribution in [3.63, 3.8) is 0 Å². The first-order valence-electron chi connectivity index (χ1n) is 11.6. The summed E-state index contributed by atoms with van der Waals surface area (Å²) in [6.45, 7) is 5.30. The summed E-state index contributed by atoms with van der Waals surface area (Å²) in [5, 5.41) is 13.0. The number of aryl methyl sites for hydroxylation is 1. The van der Waals surface area contributed by atoms with E-state index in [4.69, 9.17) is 14.4 Å². The Labute approximate surface area is 205 Å². The molecule has 1 aromatic heterocycles. The molecule has 0 unspecified atom stereocenters. The molecule has 0 spiro atoms. The van der Waals surface area contributed by atoms with E-state index in [0.29, 0.717) is 24.9 Å². The van der Waals surface area contributed by atoms with Gasteiger partial charge in [0.25, 0.3) is 5.89 Å². The number of nitrogens with zero attached hydrogens (tertiary/aromatic N) is 3. The Morgan fingerprint density at radius 3 is 2.49 bits per heavy atom. The molecule has 4 rings (SSSR count). The van der Waals surface area contributed by atoms with Gasteiger partial charge in [-0.1, -0.05) is 53.7 Å². The second-order valence-corrected chi connectivity index (χ2v) is 8.46. The van der Waals surface area contributed by atoms with Crippen LogP contribution in [0.15, 0.2) is 71.3 Å². The number of aromatic nitrogens is 2. The Morgan fingerprint density at radius 2 is 1.77 bits per heavy atom. The van der Waals surface area contributed by atoms with Crippen molar-refractivity contribution in [1.82, 2.24) is 15.0 Å². The summed E-state index contributed by atoms with van der Waals surface area (Å²) < 4.78 is 11.5. The largest absolute Gasteiger partial charge is 0.493 e. The van der Waals surface area contributed by atoms with E-state index in [1.807, 2.05) is 61.5 Å². The molecule has 0 aliphatic carbocycles. The van der Waals surface area contributed by atoms with Crippen molar-refractivity contribution in [2.45, 2.75) is 20.3 Å². The minimum Gasteiger partial charge on any atom is -0.493 e. The molecule has 7 heteroatoms. The highest BCUT2D eigenvalue weighted by Gasteiger charge is 2.15. The van der Waals surface area contributed by atoms with Gasteiger partial charge in [0.1, 0.15) is 5.75 Å². The lowest BCUT2D eigenvalue weighted by Gasteiger charge is -2.13. The van der Waals surface area contributed by atoms with E-state index in [9.17, 15) is 4.79 Å². The SMILES string of the molecule is CCOc1cc(-c2nc(-c3ccc(CCN(C)CC(=O)O)cc3)no2)ccc1-c1ccccc1C. The van der Waals surface area contributed by atoms with Gasteiger partial charge in [-0.25, -0.2) is 0 Å². The van der Waals surface area contributed by atoms with E-state index in [2.05, 4.69) is 29.2 Å². The van der Waals surface area contributed by atoms with Crippen molar-refractivity contribution in [2.75, 3.05) is 26.7 Å². The second-order valence-electron chi connectivity index (χ2n) is 8.46. The summed E-state index contributed by atoms with van der Waals surface area (Å²) >= 11 is 0. The van der Waals surface area contributed by atoms with Crippen LogP contribution in [0.2, 0.25) is 0 Å². The third-order valence-electron chi connectivity index (χ3n) is 5.79. The van der Waals surface area contributed by atoms with Gasteiger partial charge in [-0.05, 0) is 62.2 Å². The fraction of sp³-hybridized carbons (Fsp3) is 0.250. The summed E-state index contributed by atoms with van der Waals surface area (Å²) in [5.41, 5.74) is 6.09. The van der Waals surface area contributed by atoms with Crippen LogP contribution in [0.3, 0.4) is 0 Å². The topological polar surface area (TPSA) is 88.7 Å². The standard InChI is InChI=1S/C28H29N3O4/c1-4-34-25-17-22(13-14-24(25)23-8-6-5-7-19(23)2)28-29-27(30-35-28)21-11-9-20(10-12-21)15-16-31(3)18-26(32)33/h5-14,17H,4,15-16,18H2,1-3H3,(H,32,33). The number of rotatable bonds is 10. The first kappa shape index (κ1) is 24.2. The third-order valence-corrected chi connectivity index (χ3v) is 5.79. The summed E-state index contributed by atoms with van der Waals surface area (Å²) in [6, 6.07) is 22.1. The van der Waals surface area contributed by atoms with E-state index in [1.165, 1.54) is 5.56 Å². The van der Waals surface area contributed by atoms with Crippen LogP contribution in [0.1, 0.15) is 18.1 Å². The van der Waals surface area contributed by atoms with Crippen molar-refractivity contribution < 1.29 is 19.2 Å². The number of carbonyl (C=O) groups is 1. The molecule has 180 valence electrons. The zero-order valence-corrected chi connectivity index (χ0v) is 20.2. The zero-order chi connectivity index (χ0) is 24.8.